The van der Waals surface area contributed by atoms with E-state index < -0.39 is 0 Å². The number of carbonyl (C=O) groups is 1. The molecule has 0 saturated heterocycles. The first-order valence-corrected chi connectivity index (χ1v) is 10.6. The minimum atomic E-state index is 0. The van der Waals surface area contributed by atoms with Crippen molar-refractivity contribution in [1.82, 2.24) is 14.9 Å². The Kier molecular flexibility index (Phi) is 4.99. The van der Waals surface area contributed by atoms with Crippen molar-refractivity contribution in [2.45, 2.75) is 44.7 Å². The minimum Gasteiger partial charge on any atom is -0.399 e. The van der Waals surface area contributed by atoms with E-state index in [0.717, 1.165) is 49.9 Å². The molecular formula is C24H28N4O2. The zero-order valence-electron chi connectivity index (χ0n) is 17.2. The zero-order valence-corrected chi connectivity index (χ0v) is 17.2. The van der Waals surface area contributed by atoms with Gasteiger partial charge < -0.3 is 14.7 Å². The summed E-state index contributed by atoms with van der Waals surface area (Å²) >= 11 is 0. The van der Waals surface area contributed by atoms with E-state index in [2.05, 4.69) is 44.3 Å². The normalized spacial score (nSPS) is 18.5. The average Bonchev–Trinajstić information content (AvgIpc) is 3.59. The monoisotopic (exact) mass is 404 g/mol. The van der Waals surface area contributed by atoms with Crippen LogP contribution in [0.1, 0.15) is 43.2 Å². The molecule has 2 heterocycles. The van der Waals surface area contributed by atoms with Gasteiger partial charge >= 0.3 is 0 Å². The zero-order chi connectivity index (χ0) is 20.5. The Balaban J connectivity index is 0.00000231. The summed E-state index contributed by atoms with van der Waals surface area (Å²) in [5, 5.41) is 8.43. The van der Waals surface area contributed by atoms with Gasteiger partial charge in [0.25, 0.3) is 0 Å². The molecule has 6 nitrogen and oxygen atoms in total. The molecule has 156 valence electrons. The average molecular weight is 405 g/mol. The largest absolute Gasteiger partial charge is 0.399 e. The number of oxime groups is 1. The molecular weight excluding hydrogens is 376 g/mol. The van der Waals surface area contributed by atoms with Crippen LogP contribution in [0.4, 0.5) is 0 Å². The number of aromatic nitrogens is 2. The Hall–Kier alpha value is -3.15. The SMILES string of the molecule is CO/N=C/c1ccc2c(c1)c1c(n2Cc2ccccn2)CCC(NC(=O)C2CC2)C1.[HH]. The van der Waals surface area contributed by atoms with E-state index >= 15 is 0 Å². The highest BCUT2D eigenvalue weighted by molar-refractivity contribution is 5.92. The fourth-order valence-electron chi connectivity index (χ4n) is 4.48. The van der Waals surface area contributed by atoms with E-state index in [1.54, 1.807) is 13.3 Å². The maximum Gasteiger partial charge on any atom is 0.223 e. The third kappa shape index (κ3) is 3.70. The van der Waals surface area contributed by atoms with Crippen molar-refractivity contribution in [3.8, 4) is 0 Å². The second-order valence-corrected chi connectivity index (χ2v) is 8.25. The fraction of sp³-hybridized carbons (Fsp3) is 0.375. The first kappa shape index (κ1) is 18.9. The first-order chi connectivity index (χ1) is 14.7. The van der Waals surface area contributed by atoms with Crippen LogP contribution < -0.4 is 5.32 Å². The van der Waals surface area contributed by atoms with Crippen LogP contribution in [0.15, 0.2) is 47.8 Å². The predicted molar refractivity (Wildman–Crippen MR) is 119 cm³/mol. The van der Waals surface area contributed by atoms with Crippen LogP contribution in [0.25, 0.3) is 10.9 Å². The summed E-state index contributed by atoms with van der Waals surface area (Å²) in [5.74, 6) is 0.474. The number of carbonyl (C=O) groups excluding carboxylic acids is 1. The molecule has 5 rings (SSSR count). The molecule has 0 spiro atoms. The number of amides is 1. The van der Waals surface area contributed by atoms with E-state index in [4.69, 9.17) is 4.84 Å². The van der Waals surface area contributed by atoms with E-state index in [9.17, 15) is 4.79 Å². The summed E-state index contributed by atoms with van der Waals surface area (Å²) in [5.41, 5.74) is 5.95. The Morgan fingerprint density at radius 1 is 1.33 bits per heavy atom. The van der Waals surface area contributed by atoms with E-state index in [1.165, 1.54) is 22.2 Å². The topological polar surface area (TPSA) is 68.5 Å². The number of hydrogen-bond acceptors (Lipinski definition) is 4. The molecule has 0 radical (unpaired) electrons. The number of fused-ring (bicyclic) bond motifs is 3. The molecule has 0 aliphatic heterocycles. The summed E-state index contributed by atoms with van der Waals surface area (Å²) in [6.07, 6.45) is 8.44. The lowest BCUT2D eigenvalue weighted by Gasteiger charge is -2.25. The van der Waals surface area contributed by atoms with Crippen LogP contribution in [-0.2, 0) is 29.0 Å². The fourth-order valence-corrected chi connectivity index (χ4v) is 4.48. The smallest absolute Gasteiger partial charge is 0.223 e. The lowest BCUT2D eigenvalue weighted by atomic mass is 9.91. The molecule has 2 aromatic heterocycles. The number of rotatable bonds is 6. The maximum absolute atomic E-state index is 12.3. The number of benzene rings is 1. The third-order valence-electron chi connectivity index (χ3n) is 6.14. The van der Waals surface area contributed by atoms with Gasteiger partial charge in [0.1, 0.15) is 7.11 Å². The lowest BCUT2D eigenvalue weighted by Crippen LogP contribution is -2.39. The quantitative estimate of drug-likeness (QED) is 0.503. The molecule has 3 aromatic rings. The van der Waals surface area contributed by atoms with Gasteiger partial charge in [0.05, 0.1) is 18.5 Å². The minimum absolute atomic E-state index is 0. The summed E-state index contributed by atoms with van der Waals surface area (Å²) in [4.78, 5) is 21.7. The number of pyridine rings is 1. The molecule has 1 unspecified atom stereocenters. The standard InChI is InChI=1S/C24H26N4O2.H2/c1-30-26-14-16-5-9-22-20(12-16)21-13-18(27-24(29)17-6-7-17)8-10-23(21)28(22)15-19-4-2-3-11-25-19;/h2-5,9,11-12,14,17-18H,6-8,10,13,15H2,1H3,(H,27,29);1H/b26-14+;. The van der Waals surface area contributed by atoms with Gasteiger partial charge in [0, 0.05) is 36.2 Å². The molecule has 1 aromatic carbocycles. The highest BCUT2D eigenvalue weighted by atomic mass is 16.6. The number of hydrogen-bond donors (Lipinski definition) is 1. The Morgan fingerprint density at radius 2 is 2.23 bits per heavy atom. The van der Waals surface area contributed by atoms with Crippen molar-refractivity contribution in [2.75, 3.05) is 7.11 Å². The van der Waals surface area contributed by atoms with Crippen molar-refractivity contribution in [1.29, 1.82) is 0 Å². The van der Waals surface area contributed by atoms with Crippen LogP contribution in [0, 0.1) is 5.92 Å². The molecule has 30 heavy (non-hydrogen) atoms. The van der Waals surface area contributed by atoms with Gasteiger partial charge in [0.2, 0.25) is 5.91 Å². The van der Waals surface area contributed by atoms with Crippen LogP contribution >= 0.6 is 0 Å². The second kappa shape index (κ2) is 7.94. The molecule has 1 fully saturated rings. The molecule has 1 saturated carbocycles. The third-order valence-corrected chi connectivity index (χ3v) is 6.14. The van der Waals surface area contributed by atoms with Gasteiger partial charge in [-0.3, -0.25) is 9.78 Å². The van der Waals surface area contributed by atoms with Crippen molar-refractivity contribution in [3.63, 3.8) is 0 Å². The van der Waals surface area contributed by atoms with Crippen molar-refractivity contribution < 1.29 is 11.1 Å². The van der Waals surface area contributed by atoms with Gasteiger partial charge in [-0.2, -0.15) is 0 Å². The Bertz CT molecular complexity index is 1110. The summed E-state index contributed by atoms with van der Waals surface area (Å²) in [7, 11) is 1.55. The van der Waals surface area contributed by atoms with Gasteiger partial charge in [-0.15, -0.1) is 0 Å². The highest BCUT2D eigenvalue weighted by Gasteiger charge is 2.33. The van der Waals surface area contributed by atoms with Gasteiger partial charge in [0.15, 0.2) is 0 Å². The lowest BCUT2D eigenvalue weighted by molar-refractivity contribution is -0.123. The van der Waals surface area contributed by atoms with Crippen LogP contribution in [0.3, 0.4) is 0 Å². The Morgan fingerprint density at radius 3 is 3.00 bits per heavy atom. The first-order valence-electron chi connectivity index (χ1n) is 10.6. The van der Waals surface area contributed by atoms with E-state index in [0.29, 0.717) is 0 Å². The van der Waals surface area contributed by atoms with Crippen LogP contribution in [-0.4, -0.2) is 34.8 Å². The molecule has 2 aliphatic rings. The van der Waals surface area contributed by atoms with Gasteiger partial charge in [-0.1, -0.05) is 17.3 Å². The molecule has 2 aliphatic carbocycles. The molecule has 1 atom stereocenters. The number of nitrogens with zero attached hydrogens (tertiary/aromatic N) is 3. The highest BCUT2D eigenvalue weighted by Crippen LogP contribution is 2.34. The Labute approximate surface area is 177 Å². The molecule has 6 heteroatoms. The van der Waals surface area contributed by atoms with Crippen molar-refractivity contribution >= 4 is 23.0 Å². The molecule has 1 N–H and O–H groups in total. The summed E-state index contributed by atoms with van der Waals surface area (Å²) < 4.78 is 2.39. The molecule has 1 amide bonds. The van der Waals surface area contributed by atoms with E-state index in [1.807, 2.05) is 18.3 Å². The van der Waals surface area contributed by atoms with Crippen molar-refractivity contribution in [3.05, 3.63) is 65.1 Å². The molecule has 0 bridgehead atoms. The maximum atomic E-state index is 12.3. The van der Waals surface area contributed by atoms with Crippen LogP contribution in [0.2, 0.25) is 0 Å². The van der Waals surface area contributed by atoms with Crippen molar-refractivity contribution in [2.24, 2.45) is 11.1 Å². The second-order valence-electron chi connectivity index (χ2n) is 8.25. The van der Waals surface area contributed by atoms with E-state index in [-0.39, 0.29) is 19.3 Å². The summed E-state index contributed by atoms with van der Waals surface area (Å²) in [6, 6.07) is 12.7. The number of nitrogens with one attached hydrogen (secondary N) is 1. The van der Waals surface area contributed by atoms with Gasteiger partial charge in [-0.25, -0.2) is 0 Å². The summed E-state index contributed by atoms with van der Waals surface area (Å²) in [6.45, 7) is 0.747. The van der Waals surface area contributed by atoms with Crippen LogP contribution in [0.5, 0.6) is 0 Å². The predicted octanol–water partition coefficient (Wildman–Crippen LogP) is 3.69. The van der Waals surface area contributed by atoms with Gasteiger partial charge in [-0.05, 0) is 67.5 Å².